The summed E-state index contributed by atoms with van der Waals surface area (Å²) in [6.07, 6.45) is 3.30. The number of aldehydes is 1. The molecule has 3 aromatic rings. The highest BCUT2D eigenvalue weighted by molar-refractivity contribution is 6.00. The summed E-state index contributed by atoms with van der Waals surface area (Å²) < 4.78 is 14.7. The normalized spacial score (nSPS) is 10.8. The lowest BCUT2D eigenvalue weighted by Gasteiger charge is -2.09. The minimum Gasteiger partial charge on any atom is -0.337 e. The Kier molecular flexibility index (Phi) is 4.42. The number of para-hydroxylation sites is 1. The van der Waals surface area contributed by atoms with Crippen LogP contribution >= 0.6 is 0 Å². The van der Waals surface area contributed by atoms with E-state index < -0.39 is 0 Å². The second-order valence-corrected chi connectivity index (χ2v) is 5.55. The average molecular weight is 324 g/mol. The average Bonchev–Trinajstić information content (AvgIpc) is 2.94. The highest BCUT2D eigenvalue weighted by atomic mass is 19.1. The Labute approximate surface area is 138 Å². The number of carbonyl (C=O) groups excluding carboxylic acids is 2. The number of carbonyl (C=O) groups is 2. The van der Waals surface area contributed by atoms with E-state index in [1.807, 2.05) is 25.1 Å². The summed E-state index contributed by atoms with van der Waals surface area (Å²) in [4.78, 5) is 23.6. The third-order valence-electron chi connectivity index (χ3n) is 3.96. The first-order valence-electron chi connectivity index (χ1n) is 7.73. The minimum atomic E-state index is -0.354. The molecule has 1 aromatic heterocycles. The zero-order valence-corrected chi connectivity index (χ0v) is 13.3. The van der Waals surface area contributed by atoms with E-state index in [0.717, 1.165) is 29.2 Å². The summed E-state index contributed by atoms with van der Waals surface area (Å²) in [7, 11) is 0. The van der Waals surface area contributed by atoms with Gasteiger partial charge in [-0.3, -0.25) is 9.59 Å². The van der Waals surface area contributed by atoms with Crippen LogP contribution in [0.1, 0.15) is 22.8 Å². The quantitative estimate of drug-likeness (QED) is 0.726. The van der Waals surface area contributed by atoms with E-state index in [-0.39, 0.29) is 18.3 Å². The summed E-state index contributed by atoms with van der Waals surface area (Å²) in [5.41, 5.74) is 3.07. The third-order valence-corrected chi connectivity index (χ3v) is 3.96. The monoisotopic (exact) mass is 324 g/mol. The highest BCUT2D eigenvalue weighted by Gasteiger charge is 2.13. The standard InChI is InChI=1S/C19H17FN2O2/c1-2-13-4-3-5-17-14(12-23)10-22(19(13)17)11-18(24)21-16-8-6-15(20)7-9-16/h3-10,12H,2,11H2,1H3,(H,21,24). The van der Waals surface area contributed by atoms with Crippen LogP contribution in [0.3, 0.4) is 0 Å². The van der Waals surface area contributed by atoms with Gasteiger partial charge in [-0.05, 0) is 36.2 Å². The van der Waals surface area contributed by atoms with E-state index >= 15 is 0 Å². The van der Waals surface area contributed by atoms with Crippen LogP contribution < -0.4 is 5.32 Å². The molecule has 0 spiro atoms. The Bertz CT molecular complexity index is 898. The molecule has 24 heavy (non-hydrogen) atoms. The van der Waals surface area contributed by atoms with Crippen LogP contribution in [-0.2, 0) is 17.8 Å². The maximum absolute atomic E-state index is 12.9. The van der Waals surface area contributed by atoms with Crippen LogP contribution in [0.25, 0.3) is 10.9 Å². The van der Waals surface area contributed by atoms with Crippen LogP contribution in [0, 0.1) is 5.82 Å². The number of fused-ring (bicyclic) bond motifs is 1. The Morgan fingerprint density at radius 2 is 1.96 bits per heavy atom. The number of benzene rings is 2. The molecular formula is C19H17FN2O2. The summed E-state index contributed by atoms with van der Waals surface area (Å²) >= 11 is 0. The van der Waals surface area contributed by atoms with Crippen molar-refractivity contribution in [2.75, 3.05) is 5.32 Å². The second-order valence-electron chi connectivity index (χ2n) is 5.55. The van der Waals surface area contributed by atoms with Crippen LogP contribution in [-0.4, -0.2) is 16.8 Å². The zero-order chi connectivity index (χ0) is 17.1. The molecule has 3 rings (SSSR count). The van der Waals surface area contributed by atoms with Crippen LogP contribution in [0.2, 0.25) is 0 Å². The summed E-state index contributed by atoms with van der Waals surface area (Å²) in [6.45, 7) is 2.12. The molecule has 0 fully saturated rings. The van der Waals surface area contributed by atoms with Crippen molar-refractivity contribution in [2.24, 2.45) is 0 Å². The summed E-state index contributed by atoms with van der Waals surface area (Å²) in [6, 6.07) is 11.4. The maximum atomic E-state index is 12.9. The van der Waals surface area contributed by atoms with Gasteiger partial charge in [-0.2, -0.15) is 0 Å². The number of anilines is 1. The molecule has 1 heterocycles. The van der Waals surface area contributed by atoms with Crippen molar-refractivity contribution in [3.8, 4) is 0 Å². The summed E-state index contributed by atoms with van der Waals surface area (Å²) in [5.74, 6) is -0.588. The van der Waals surface area contributed by atoms with Crippen LogP contribution in [0.4, 0.5) is 10.1 Å². The fourth-order valence-corrected chi connectivity index (χ4v) is 2.86. The molecular weight excluding hydrogens is 307 g/mol. The minimum absolute atomic E-state index is 0.0821. The Hall–Kier alpha value is -2.95. The number of nitrogens with zero attached hydrogens (tertiary/aromatic N) is 1. The van der Waals surface area contributed by atoms with Gasteiger partial charge in [-0.25, -0.2) is 4.39 Å². The lowest BCUT2D eigenvalue weighted by atomic mass is 10.1. The lowest BCUT2D eigenvalue weighted by molar-refractivity contribution is -0.116. The van der Waals surface area contributed by atoms with E-state index in [4.69, 9.17) is 0 Å². The molecule has 2 aromatic carbocycles. The first kappa shape index (κ1) is 15.9. The van der Waals surface area contributed by atoms with Gasteiger partial charge in [0.2, 0.25) is 5.91 Å². The van der Waals surface area contributed by atoms with Crippen molar-refractivity contribution in [3.63, 3.8) is 0 Å². The number of rotatable bonds is 5. The number of hydrogen-bond donors (Lipinski definition) is 1. The van der Waals surface area contributed by atoms with Gasteiger partial charge in [-0.1, -0.05) is 25.1 Å². The van der Waals surface area contributed by atoms with Crippen LogP contribution in [0.5, 0.6) is 0 Å². The number of hydrogen-bond acceptors (Lipinski definition) is 2. The van der Waals surface area contributed by atoms with Gasteiger partial charge in [-0.15, -0.1) is 0 Å². The topological polar surface area (TPSA) is 51.1 Å². The van der Waals surface area contributed by atoms with Crippen molar-refractivity contribution in [1.29, 1.82) is 0 Å². The number of aromatic nitrogens is 1. The largest absolute Gasteiger partial charge is 0.337 e. The molecule has 0 aliphatic rings. The second kappa shape index (κ2) is 6.66. The van der Waals surface area contributed by atoms with E-state index in [9.17, 15) is 14.0 Å². The van der Waals surface area contributed by atoms with Gasteiger partial charge in [0.1, 0.15) is 12.4 Å². The van der Waals surface area contributed by atoms with Gasteiger partial charge in [0.05, 0.1) is 5.52 Å². The smallest absolute Gasteiger partial charge is 0.244 e. The van der Waals surface area contributed by atoms with E-state index in [0.29, 0.717) is 11.3 Å². The fraction of sp³-hybridized carbons (Fsp3) is 0.158. The number of amides is 1. The predicted octanol–water partition coefficient (Wildman–Crippen LogP) is 3.79. The van der Waals surface area contributed by atoms with Crippen LogP contribution in [0.15, 0.2) is 48.7 Å². The van der Waals surface area contributed by atoms with Crippen molar-refractivity contribution in [2.45, 2.75) is 19.9 Å². The van der Waals surface area contributed by atoms with Gasteiger partial charge in [0.25, 0.3) is 0 Å². The number of aryl methyl sites for hydroxylation is 1. The van der Waals surface area contributed by atoms with Gasteiger partial charge in [0, 0.05) is 22.8 Å². The summed E-state index contributed by atoms with van der Waals surface area (Å²) in [5, 5.41) is 3.58. The molecule has 0 aliphatic heterocycles. The highest BCUT2D eigenvalue weighted by Crippen LogP contribution is 2.24. The van der Waals surface area contributed by atoms with Crippen molar-refractivity contribution < 1.29 is 14.0 Å². The molecule has 0 saturated carbocycles. The molecule has 4 nitrogen and oxygen atoms in total. The van der Waals surface area contributed by atoms with Crippen molar-refractivity contribution in [1.82, 2.24) is 4.57 Å². The fourth-order valence-electron chi connectivity index (χ4n) is 2.86. The Morgan fingerprint density at radius 1 is 1.21 bits per heavy atom. The first-order chi connectivity index (χ1) is 11.6. The van der Waals surface area contributed by atoms with Gasteiger partial charge >= 0.3 is 0 Å². The molecule has 0 atom stereocenters. The molecule has 0 aliphatic carbocycles. The van der Waals surface area contributed by atoms with E-state index in [2.05, 4.69) is 5.32 Å². The molecule has 1 N–H and O–H groups in total. The van der Waals surface area contributed by atoms with Gasteiger partial charge in [0.15, 0.2) is 6.29 Å². The molecule has 0 unspecified atom stereocenters. The van der Waals surface area contributed by atoms with E-state index in [1.54, 1.807) is 10.8 Å². The Morgan fingerprint density at radius 3 is 2.62 bits per heavy atom. The molecule has 0 radical (unpaired) electrons. The Balaban J connectivity index is 1.90. The number of nitrogens with one attached hydrogen (secondary N) is 1. The molecule has 122 valence electrons. The SMILES string of the molecule is CCc1cccc2c(C=O)cn(CC(=O)Nc3ccc(F)cc3)c12. The third kappa shape index (κ3) is 3.06. The van der Waals surface area contributed by atoms with Gasteiger partial charge < -0.3 is 9.88 Å². The molecule has 0 bridgehead atoms. The van der Waals surface area contributed by atoms with Crippen molar-refractivity contribution >= 4 is 28.8 Å². The molecule has 0 saturated heterocycles. The first-order valence-corrected chi connectivity index (χ1v) is 7.73. The molecule has 5 heteroatoms. The zero-order valence-electron chi connectivity index (χ0n) is 13.3. The lowest BCUT2D eigenvalue weighted by Crippen LogP contribution is -2.18. The molecule has 1 amide bonds. The van der Waals surface area contributed by atoms with E-state index in [1.165, 1.54) is 24.3 Å². The van der Waals surface area contributed by atoms with Crippen molar-refractivity contribution in [3.05, 3.63) is 65.6 Å². The maximum Gasteiger partial charge on any atom is 0.244 e. The predicted molar refractivity (Wildman–Crippen MR) is 91.7 cm³/mol. The number of halogens is 1.